The van der Waals surface area contributed by atoms with Crippen molar-refractivity contribution < 1.29 is 4.79 Å². The van der Waals surface area contributed by atoms with Gasteiger partial charge in [-0.25, -0.2) is 4.98 Å². The van der Waals surface area contributed by atoms with Gasteiger partial charge >= 0.3 is 0 Å². The molecule has 5 nitrogen and oxygen atoms in total. The molecule has 2 heterocycles. The Morgan fingerprint density at radius 1 is 1.30 bits per heavy atom. The maximum atomic E-state index is 12.4. The van der Waals surface area contributed by atoms with Crippen LogP contribution < -0.4 is 5.73 Å². The smallest absolute Gasteiger partial charge is 0.254 e. The summed E-state index contributed by atoms with van der Waals surface area (Å²) in [6, 6.07) is 9.04. The van der Waals surface area contributed by atoms with Gasteiger partial charge in [-0.15, -0.1) is 0 Å². The first kappa shape index (κ1) is 14.0. The molecule has 0 atom stereocenters. The van der Waals surface area contributed by atoms with Crippen molar-refractivity contribution in [3.63, 3.8) is 0 Å². The van der Waals surface area contributed by atoms with Crippen LogP contribution in [0.2, 0.25) is 0 Å². The van der Waals surface area contributed by atoms with E-state index in [1.165, 1.54) is 0 Å². The number of nitrogen functional groups attached to an aromatic ring is 1. The lowest BCUT2D eigenvalue weighted by atomic mass is 10.1. The Morgan fingerprint density at radius 3 is 2.75 bits per heavy atom. The Hall–Kier alpha value is -2.43. The molecule has 0 aliphatic carbocycles. The number of nitrogens with zero attached hydrogens (tertiary/aromatic N) is 3. The molecule has 0 unspecified atom stereocenters. The highest BCUT2D eigenvalue weighted by molar-refractivity contribution is 5.94. The maximum Gasteiger partial charge on any atom is 0.254 e. The number of carbonyl (C=O) groups is 1. The van der Waals surface area contributed by atoms with Crippen LogP contribution in [0.1, 0.15) is 28.7 Å². The molecule has 2 aromatic rings. The molecule has 0 aliphatic heterocycles. The fraction of sp³-hybridized carbons (Fsp3) is 0.267. The summed E-state index contributed by atoms with van der Waals surface area (Å²) in [7, 11) is 1.75. The first-order chi connectivity index (χ1) is 9.60. The molecule has 0 aromatic carbocycles. The molecule has 2 N–H and O–H groups in total. The number of amides is 1. The molecule has 0 fully saturated rings. The quantitative estimate of drug-likeness (QED) is 0.921. The molecule has 0 saturated heterocycles. The lowest BCUT2D eigenvalue weighted by Crippen LogP contribution is -2.27. The number of rotatable bonds is 4. The van der Waals surface area contributed by atoms with Crippen LogP contribution in [0.4, 0.5) is 5.82 Å². The van der Waals surface area contributed by atoms with Crippen LogP contribution in [0.3, 0.4) is 0 Å². The molecule has 104 valence electrons. The summed E-state index contributed by atoms with van der Waals surface area (Å²) in [5.41, 5.74) is 7.96. The third-order valence-electron chi connectivity index (χ3n) is 2.98. The number of carbonyl (C=O) groups excluding carboxylic acids is 1. The Balaban J connectivity index is 2.16. The van der Waals surface area contributed by atoms with Crippen molar-refractivity contribution in [3.8, 4) is 0 Å². The molecule has 1 amide bonds. The molecular weight excluding hydrogens is 252 g/mol. The highest BCUT2D eigenvalue weighted by atomic mass is 16.2. The Bertz CT molecular complexity index is 598. The molecule has 5 heteroatoms. The zero-order chi connectivity index (χ0) is 14.5. The second-order valence-corrected chi connectivity index (χ2v) is 4.61. The number of hydrogen-bond acceptors (Lipinski definition) is 4. The molecule has 2 rings (SSSR count). The van der Waals surface area contributed by atoms with Crippen molar-refractivity contribution in [2.75, 3.05) is 12.8 Å². The summed E-state index contributed by atoms with van der Waals surface area (Å²) in [5.74, 6) is 0.290. The number of aryl methyl sites for hydroxylation is 1. The Morgan fingerprint density at radius 2 is 2.10 bits per heavy atom. The van der Waals surface area contributed by atoms with E-state index in [1.54, 1.807) is 30.3 Å². The van der Waals surface area contributed by atoms with Gasteiger partial charge in [0.25, 0.3) is 5.91 Å². The Labute approximate surface area is 118 Å². The number of hydrogen-bond donors (Lipinski definition) is 1. The van der Waals surface area contributed by atoms with Gasteiger partial charge in [-0.3, -0.25) is 9.78 Å². The first-order valence-corrected chi connectivity index (χ1v) is 6.52. The number of aromatic nitrogens is 2. The molecule has 2 aromatic heterocycles. The normalized spacial score (nSPS) is 10.3. The number of anilines is 1. The predicted molar refractivity (Wildman–Crippen MR) is 78.1 cm³/mol. The van der Waals surface area contributed by atoms with Gasteiger partial charge in [0.1, 0.15) is 5.82 Å². The van der Waals surface area contributed by atoms with E-state index in [0.717, 1.165) is 17.8 Å². The summed E-state index contributed by atoms with van der Waals surface area (Å²) in [6.45, 7) is 2.44. The lowest BCUT2D eigenvalue weighted by molar-refractivity contribution is 0.0783. The average Bonchev–Trinajstić information content (AvgIpc) is 2.46. The van der Waals surface area contributed by atoms with E-state index in [2.05, 4.69) is 9.97 Å². The summed E-state index contributed by atoms with van der Waals surface area (Å²) < 4.78 is 0. The van der Waals surface area contributed by atoms with E-state index in [0.29, 0.717) is 17.9 Å². The topological polar surface area (TPSA) is 72.1 Å². The maximum absolute atomic E-state index is 12.4. The van der Waals surface area contributed by atoms with E-state index in [9.17, 15) is 4.79 Å². The van der Waals surface area contributed by atoms with E-state index < -0.39 is 0 Å². The van der Waals surface area contributed by atoms with Crippen LogP contribution in [0.5, 0.6) is 0 Å². The first-order valence-electron chi connectivity index (χ1n) is 6.52. The van der Waals surface area contributed by atoms with Crippen LogP contribution in [-0.4, -0.2) is 27.8 Å². The molecule has 0 spiro atoms. The summed E-state index contributed by atoms with van der Waals surface area (Å²) in [4.78, 5) is 22.4. The van der Waals surface area contributed by atoms with Crippen LogP contribution in [0.15, 0.2) is 36.5 Å². The summed E-state index contributed by atoms with van der Waals surface area (Å²) in [6.07, 6.45) is 2.46. The molecule has 0 aliphatic rings. The fourth-order valence-electron chi connectivity index (χ4n) is 1.94. The van der Waals surface area contributed by atoms with Crippen LogP contribution in [-0.2, 0) is 13.0 Å². The van der Waals surface area contributed by atoms with Crippen molar-refractivity contribution in [2.24, 2.45) is 0 Å². The lowest BCUT2D eigenvalue weighted by Gasteiger charge is -2.17. The molecule has 20 heavy (non-hydrogen) atoms. The van der Waals surface area contributed by atoms with Crippen LogP contribution in [0, 0.1) is 0 Å². The second kappa shape index (κ2) is 6.14. The minimum atomic E-state index is -0.0838. The van der Waals surface area contributed by atoms with Gasteiger partial charge < -0.3 is 10.6 Å². The summed E-state index contributed by atoms with van der Waals surface area (Å²) in [5, 5.41) is 0. The molecule has 0 bridgehead atoms. The van der Waals surface area contributed by atoms with Gasteiger partial charge in [0, 0.05) is 24.5 Å². The van der Waals surface area contributed by atoms with Gasteiger partial charge in [0.2, 0.25) is 0 Å². The van der Waals surface area contributed by atoms with E-state index in [1.807, 2.05) is 25.1 Å². The monoisotopic (exact) mass is 270 g/mol. The van der Waals surface area contributed by atoms with E-state index in [-0.39, 0.29) is 5.91 Å². The van der Waals surface area contributed by atoms with Crippen molar-refractivity contribution in [1.29, 1.82) is 0 Å². The molecular formula is C15H18N4O. The number of pyridine rings is 2. The van der Waals surface area contributed by atoms with E-state index in [4.69, 9.17) is 5.73 Å². The van der Waals surface area contributed by atoms with Gasteiger partial charge in [-0.05, 0) is 30.7 Å². The van der Waals surface area contributed by atoms with Crippen LogP contribution in [0.25, 0.3) is 0 Å². The van der Waals surface area contributed by atoms with Gasteiger partial charge in [-0.1, -0.05) is 13.0 Å². The number of nitrogens with two attached hydrogens (primary N) is 1. The summed E-state index contributed by atoms with van der Waals surface area (Å²) >= 11 is 0. The molecule has 0 saturated carbocycles. The minimum Gasteiger partial charge on any atom is -0.384 e. The standard InChI is InChI=1S/C15H18N4O/c1-3-12-8-11(9-14(16)18-12)15(20)19(2)10-13-6-4-5-7-17-13/h4-9H,3,10H2,1-2H3,(H2,16,18). The highest BCUT2D eigenvalue weighted by Gasteiger charge is 2.14. The van der Waals surface area contributed by atoms with Gasteiger partial charge in [-0.2, -0.15) is 0 Å². The van der Waals surface area contributed by atoms with Crippen molar-refractivity contribution in [2.45, 2.75) is 19.9 Å². The largest absolute Gasteiger partial charge is 0.384 e. The van der Waals surface area contributed by atoms with E-state index >= 15 is 0 Å². The zero-order valence-corrected chi connectivity index (χ0v) is 11.7. The minimum absolute atomic E-state index is 0.0838. The molecule has 0 radical (unpaired) electrons. The van der Waals surface area contributed by atoms with Crippen LogP contribution >= 0.6 is 0 Å². The fourth-order valence-corrected chi connectivity index (χ4v) is 1.94. The predicted octanol–water partition coefficient (Wildman–Crippen LogP) is 1.89. The zero-order valence-electron chi connectivity index (χ0n) is 11.7. The third kappa shape index (κ3) is 3.32. The highest BCUT2D eigenvalue weighted by Crippen LogP contribution is 2.12. The Kier molecular flexibility index (Phi) is 4.30. The SMILES string of the molecule is CCc1cc(C(=O)N(C)Cc2ccccn2)cc(N)n1. The van der Waals surface area contributed by atoms with Gasteiger partial charge in [0.05, 0.1) is 12.2 Å². The van der Waals surface area contributed by atoms with Crippen molar-refractivity contribution >= 4 is 11.7 Å². The third-order valence-corrected chi connectivity index (χ3v) is 2.98. The second-order valence-electron chi connectivity index (χ2n) is 4.61. The van der Waals surface area contributed by atoms with Crippen molar-refractivity contribution in [1.82, 2.24) is 14.9 Å². The van der Waals surface area contributed by atoms with Gasteiger partial charge in [0.15, 0.2) is 0 Å². The van der Waals surface area contributed by atoms with Crippen molar-refractivity contribution in [3.05, 3.63) is 53.5 Å². The average molecular weight is 270 g/mol.